The Morgan fingerprint density at radius 2 is 2.21 bits per heavy atom. The first kappa shape index (κ1) is 21.6. The lowest BCUT2D eigenvalue weighted by Gasteiger charge is -2.17. The number of halogens is 2. The van der Waals surface area contributed by atoms with E-state index in [1.54, 1.807) is 23.2 Å². The molecule has 3 atom stereocenters. The molecule has 0 aliphatic carbocycles. The van der Waals surface area contributed by atoms with Gasteiger partial charge in [-0.3, -0.25) is 14.6 Å². The minimum Gasteiger partial charge on any atom is -0.369 e. The molecular formula is C21H21F2N7O2S. The molecule has 1 fully saturated rings. The summed E-state index contributed by atoms with van der Waals surface area (Å²) in [5, 5.41) is 16.3. The second-order valence-corrected chi connectivity index (χ2v) is 8.79. The largest absolute Gasteiger partial charge is 0.369 e. The van der Waals surface area contributed by atoms with Crippen molar-refractivity contribution in [3.63, 3.8) is 0 Å². The van der Waals surface area contributed by atoms with E-state index >= 15 is 0 Å². The van der Waals surface area contributed by atoms with Crippen molar-refractivity contribution >= 4 is 33.8 Å². The number of aromatic amines is 1. The SMILES string of the molecule is Cn1ncc(NC(=O)c2csc(-c3cc4[nH]ncc4cc3F)n2)c1[C@@H]1CC[C@@H](N)[C@H](F)CO1. The number of fused-ring (bicyclic) bond motifs is 1. The maximum Gasteiger partial charge on any atom is 0.275 e. The number of aromatic nitrogens is 5. The van der Waals surface area contributed by atoms with Gasteiger partial charge in [-0.05, 0) is 25.0 Å². The van der Waals surface area contributed by atoms with Gasteiger partial charge < -0.3 is 15.8 Å². The van der Waals surface area contributed by atoms with Crippen LogP contribution in [0.1, 0.15) is 35.1 Å². The van der Waals surface area contributed by atoms with E-state index in [0.717, 1.165) is 11.3 Å². The van der Waals surface area contributed by atoms with Crippen molar-refractivity contribution in [1.29, 1.82) is 0 Å². The van der Waals surface area contributed by atoms with Gasteiger partial charge in [0.25, 0.3) is 5.91 Å². The maximum atomic E-state index is 14.6. The summed E-state index contributed by atoms with van der Waals surface area (Å²) < 4.78 is 35.8. The molecule has 4 N–H and O–H groups in total. The number of hydrogen-bond acceptors (Lipinski definition) is 7. The van der Waals surface area contributed by atoms with E-state index in [1.165, 1.54) is 18.5 Å². The molecule has 1 aliphatic rings. The number of rotatable bonds is 4. The number of amides is 1. The van der Waals surface area contributed by atoms with Crippen molar-refractivity contribution in [2.24, 2.45) is 12.8 Å². The molecule has 172 valence electrons. The predicted molar refractivity (Wildman–Crippen MR) is 119 cm³/mol. The monoisotopic (exact) mass is 473 g/mol. The third-order valence-electron chi connectivity index (χ3n) is 5.72. The zero-order valence-electron chi connectivity index (χ0n) is 17.6. The summed E-state index contributed by atoms with van der Waals surface area (Å²) in [6.45, 7) is -0.119. The summed E-state index contributed by atoms with van der Waals surface area (Å²) in [5.74, 6) is -0.918. The van der Waals surface area contributed by atoms with E-state index in [2.05, 4.69) is 25.6 Å². The number of anilines is 1. The van der Waals surface area contributed by atoms with Gasteiger partial charge in [0.05, 0.1) is 35.9 Å². The van der Waals surface area contributed by atoms with Crippen LogP contribution in [0.3, 0.4) is 0 Å². The number of benzene rings is 1. The van der Waals surface area contributed by atoms with E-state index in [0.29, 0.717) is 40.1 Å². The van der Waals surface area contributed by atoms with Crippen LogP contribution in [0.25, 0.3) is 21.5 Å². The second-order valence-electron chi connectivity index (χ2n) is 7.93. The number of nitrogens with one attached hydrogen (secondary N) is 2. The highest BCUT2D eigenvalue weighted by molar-refractivity contribution is 7.13. The maximum absolute atomic E-state index is 14.6. The molecule has 3 aromatic heterocycles. The van der Waals surface area contributed by atoms with Crippen LogP contribution in [0.15, 0.2) is 29.9 Å². The number of hydrogen-bond donors (Lipinski definition) is 3. The molecule has 1 aliphatic heterocycles. The summed E-state index contributed by atoms with van der Waals surface area (Å²) in [7, 11) is 1.72. The number of H-pyrrole nitrogens is 1. The molecule has 0 saturated carbocycles. The highest BCUT2D eigenvalue weighted by atomic mass is 32.1. The Balaban J connectivity index is 1.37. The van der Waals surface area contributed by atoms with Gasteiger partial charge in [0.1, 0.15) is 28.8 Å². The summed E-state index contributed by atoms with van der Waals surface area (Å²) in [6.07, 6.45) is 2.30. The van der Waals surface area contributed by atoms with Crippen LogP contribution in [-0.4, -0.2) is 49.7 Å². The van der Waals surface area contributed by atoms with Crippen molar-refractivity contribution < 1.29 is 18.3 Å². The van der Waals surface area contributed by atoms with Gasteiger partial charge in [0.15, 0.2) is 0 Å². The molecule has 1 aromatic carbocycles. The molecule has 33 heavy (non-hydrogen) atoms. The lowest BCUT2D eigenvalue weighted by molar-refractivity contribution is 0.0247. The van der Waals surface area contributed by atoms with E-state index in [9.17, 15) is 13.6 Å². The number of nitrogens with zero attached hydrogens (tertiary/aromatic N) is 4. The molecular weight excluding hydrogens is 452 g/mol. The molecule has 1 saturated heterocycles. The third kappa shape index (κ3) is 4.12. The van der Waals surface area contributed by atoms with Crippen molar-refractivity contribution in [2.45, 2.75) is 31.2 Å². The summed E-state index contributed by atoms with van der Waals surface area (Å²) in [5.41, 5.74) is 7.98. The van der Waals surface area contributed by atoms with Gasteiger partial charge in [0.2, 0.25) is 0 Å². The van der Waals surface area contributed by atoms with Gasteiger partial charge in [-0.2, -0.15) is 10.2 Å². The van der Waals surface area contributed by atoms with Crippen molar-refractivity contribution in [2.75, 3.05) is 11.9 Å². The van der Waals surface area contributed by atoms with Crippen LogP contribution in [0, 0.1) is 5.82 Å². The summed E-state index contributed by atoms with van der Waals surface area (Å²) in [6, 6.07) is 2.40. The van der Waals surface area contributed by atoms with Crippen LogP contribution in [0.4, 0.5) is 14.5 Å². The zero-order valence-corrected chi connectivity index (χ0v) is 18.4. The number of aryl methyl sites for hydroxylation is 1. The first-order chi connectivity index (χ1) is 15.9. The Morgan fingerprint density at radius 1 is 1.36 bits per heavy atom. The van der Waals surface area contributed by atoms with Gasteiger partial charge in [-0.1, -0.05) is 0 Å². The van der Waals surface area contributed by atoms with E-state index < -0.39 is 30.0 Å². The number of carbonyl (C=O) groups is 1. The normalized spacial score (nSPS) is 21.3. The van der Waals surface area contributed by atoms with Crippen LogP contribution in [0.2, 0.25) is 0 Å². The number of alkyl halides is 1. The average Bonchev–Trinajstić information content (AvgIpc) is 3.51. The Kier molecular flexibility index (Phi) is 5.64. The quantitative estimate of drug-likeness (QED) is 0.418. The van der Waals surface area contributed by atoms with Gasteiger partial charge in [-0.15, -0.1) is 11.3 Å². The van der Waals surface area contributed by atoms with Gasteiger partial charge >= 0.3 is 0 Å². The van der Waals surface area contributed by atoms with Crippen LogP contribution in [-0.2, 0) is 11.8 Å². The summed E-state index contributed by atoms with van der Waals surface area (Å²) >= 11 is 1.16. The zero-order chi connectivity index (χ0) is 23.1. The minimum atomic E-state index is -1.24. The highest BCUT2D eigenvalue weighted by Gasteiger charge is 2.30. The highest BCUT2D eigenvalue weighted by Crippen LogP contribution is 2.33. The van der Waals surface area contributed by atoms with Gasteiger partial charge in [0, 0.05) is 29.4 Å². The van der Waals surface area contributed by atoms with E-state index in [-0.39, 0.29) is 17.9 Å². The molecule has 4 aromatic rings. The standard InChI is InChI=1S/C21H21F2N7O2S/c1-30-19(18-3-2-14(24)13(23)8-32-18)16(7-26-30)27-20(31)17-9-33-21(28-17)11-5-15-10(4-12(11)22)6-25-29-15/h4-7,9,13-14,18H,2-3,8,24H2,1H3,(H,25,29)(H,27,31)/t13-,14-,18+/m1/s1. The Bertz CT molecular complexity index is 1310. The van der Waals surface area contributed by atoms with E-state index in [4.69, 9.17) is 10.5 Å². The van der Waals surface area contributed by atoms with Crippen LogP contribution in [0.5, 0.6) is 0 Å². The number of nitrogens with two attached hydrogens (primary N) is 1. The molecule has 5 rings (SSSR count). The molecule has 0 unspecified atom stereocenters. The molecule has 0 spiro atoms. The van der Waals surface area contributed by atoms with Crippen molar-refractivity contribution in [1.82, 2.24) is 25.0 Å². The van der Waals surface area contributed by atoms with E-state index in [1.807, 2.05) is 0 Å². The fraction of sp³-hybridized carbons (Fsp3) is 0.333. The number of ether oxygens (including phenoxy) is 1. The second kappa shape index (κ2) is 8.61. The average molecular weight is 474 g/mol. The van der Waals surface area contributed by atoms with Crippen molar-refractivity contribution in [3.8, 4) is 10.6 Å². The third-order valence-corrected chi connectivity index (χ3v) is 6.59. The lowest BCUT2D eigenvalue weighted by atomic mass is 10.0. The fourth-order valence-electron chi connectivity index (χ4n) is 3.90. The topological polar surface area (TPSA) is 124 Å². The summed E-state index contributed by atoms with van der Waals surface area (Å²) in [4.78, 5) is 17.2. The molecule has 0 bridgehead atoms. The Morgan fingerprint density at radius 3 is 3.06 bits per heavy atom. The molecule has 4 heterocycles. The predicted octanol–water partition coefficient (Wildman–Crippen LogP) is 3.33. The number of carbonyl (C=O) groups excluding carboxylic acids is 1. The Hall–Kier alpha value is -3.22. The smallest absolute Gasteiger partial charge is 0.275 e. The Labute approximate surface area is 191 Å². The minimum absolute atomic E-state index is 0.119. The van der Waals surface area contributed by atoms with Crippen LogP contribution < -0.4 is 11.1 Å². The fourth-order valence-corrected chi connectivity index (χ4v) is 4.71. The molecule has 1 amide bonds. The lowest BCUT2D eigenvalue weighted by Crippen LogP contribution is -2.32. The van der Waals surface area contributed by atoms with Gasteiger partial charge in [-0.25, -0.2) is 13.8 Å². The first-order valence-electron chi connectivity index (χ1n) is 10.3. The number of thiazole rings is 1. The molecule has 0 radical (unpaired) electrons. The molecule has 12 heteroatoms. The van der Waals surface area contributed by atoms with Crippen molar-refractivity contribution in [3.05, 3.63) is 47.1 Å². The molecule has 9 nitrogen and oxygen atoms in total. The van der Waals surface area contributed by atoms with Crippen LogP contribution >= 0.6 is 11.3 Å². The first-order valence-corrected chi connectivity index (χ1v) is 11.2.